The maximum Gasteiger partial charge on any atom is 0.321 e. The molecule has 2 aromatic rings. The van der Waals surface area contributed by atoms with Crippen LogP contribution in [0.5, 0.6) is 11.5 Å². The van der Waals surface area contributed by atoms with E-state index in [0.717, 1.165) is 12.8 Å². The SMILES string of the molecule is COc1cc(NC(=O)N2CCC(c3nnc(C(C)C)o3)CC2)cc(OC)c1. The van der Waals surface area contributed by atoms with Crippen molar-refractivity contribution in [1.29, 1.82) is 0 Å². The smallest absolute Gasteiger partial charge is 0.321 e. The first-order valence-electron chi connectivity index (χ1n) is 9.12. The van der Waals surface area contributed by atoms with Crippen LogP contribution in [-0.2, 0) is 0 Å². The number of nitrogens with zero attached hydrogens (tertiary/aromatic N) is 3. The molecule has 2 amide bonds. The molecule has 0 aliphatic carbocycles. The summed E-state index contributed by atoms with van der Waals surface area (Å²) >= 11 is 0. The third kappa shape index (κ3) is 4.50. The topological polar surface area (TPSA) is 89.7 Å². The summed E-state index contributed by atoms with van der Waals surface area (Å²) in [6, 6.07) is 5.15. The average Bonchev–Trinajstić information content (AvgIpc) is 3.18. The van der Waals surface area contributed by atoms with Gasteiger partial charge in [0.2, 0.25) is 11.8 Å². The third-order valence-corrected chi connectivity index (χ3v) is 4.68. The van der Waals surface area contributed by atoms with Crippen molar-refractivity contribution in [1.82, 2.24) is 15.1 Å². The van der Waals surface area contributed by atoms with E-state index < -0.39 is 0 Å². The van der Waals surface area contributed by atoms with Gasteiger partial charge in [-0.15, -0.1) is 10.2 Å². The number of benzene rings is 1. The molecule has 0 atom stereocenters. The molecule has 3 rings (SSSR count). The molecule has 1 aromatic carbocycles. The second-order valence-electron chi connectivity index (χ2n) is 6.93. The molecule has 1 saturated heterocycles. The van der Waals surface area contributed by atoms with Crippen molar-refractivity contribution in [2.24, 2.45) is 0 Å². The lowest BCUT2D eigenvalue weighted by atomic mass is 9.97. The van der Waals surface area contributed by atoms with Crippen LogP contribution in [0.25, 0.3) is 0 Å². The number of carbonyl (C=O) groups excluding carboxylic acids is 1. The number of likely N-dealkylation sites (tertiary alicyclic amines) is 1. The quantitative estimate of drug-likeness (QED) is 0.860. The molecule has 8 nitrogen and oxygen atoms in total. The van der Waals surface area contributed by atoms with Gasteiger partial charge in [-0.2, -0.15) is 0 Å². The number of aromatic nitrogens is 2. The minimum atomic E-state index is -0.142. The van der Waals surface area contributed by atoms with E-state index in [0.29, 0.717) is 42.1 Å². The Morgan fingerprint density at radius 2 is 1.78 bits per heavy atom. The second kappa shape index (κ2) is 8.28. The number of nitrogens with one attached hydrogen (secondary N) is 1. The summed E-state index contributed by atoms with van der Waals surface area (Å²) in [7, 11) is 3.15. The van der Waals surface area contributed by atoms with Crippen LogP contribution in [0.4, 0.5) is 10.5 Å². The highest BCUT2D eigenvalue weighted by Crippen LogP contribution is 2.29. The largest absolute Gasteiger partial charge is 0.497 e. The van der Waals surface area contributed by atoms with E-state index >= 15 is 0 Å². The van der Waals surface area contributed by atoms with Gasteiger partial charge in [0, 0.05) is 48.8 Å². The lowest BCUT2D eigenvalue weighted by molar-refractivity contribution is 0.189. The van der Waals surface area contributed by atoms with Crippen molar-refractivity contribution in [3.05, 3.63) is 30.0 Å². The summed E-state index contributed by atoms with van der Waals surface area (Å²) in [5.41, 5.74) is 0.636. The van der Waals surface area contributed by atoms with Gasteiger partial charge in [-0.1, -0.05) is 13.8 Å². The van der Waals surface area contributed by atoms with Gasteiger partial charge in [0.1, 0.15) is 11.5 Å². The number of piperidine rings is 1. The number of urea groups is 1. The van der Waals surface area contributed by atoms with E-state index in [9.17, 15) is 4.79 Å². The molecule has 1 fully saturated rings. The lowest BCUT2D eigenvalue weighted by Crippen LogP contribution is -2.40. The zero-order chi connectivity index (χ0) is 19.4. The average molecular weight is 374 g/mol. The van der Waals surface area contributed by atoms with Gasteiger partial charge < -0.3 is 24.1 Å². The summed E-state index contributed by atoms with van der Waals surface area (Å²) in [5, 5.41) is 11.2. The minimum absolute atomic E-state index is 0.142. The molecular formula is C19H26N4O4. The molecule has 0 radical (unpaired) electrons. The van der Waals surface area contributed by atoms with E-state index in [4.69, 9.17) is 13.9 Å². The first-order valence-corrected chi connectivity index (χ1v) is 9.12. The van der Waals surface area contributed by atoms with E-state index in [-0.39, 0.29) is 17.9 Å². The number of methoxy groups -OCH3 is 2. The zero-order valence-electron chi connectivity index (χ0n) is 16.2. The van der Waals surface area contributed by atoms with Crippen LogP contribution in [0.15, 0.2) is 22.6 Å². The van der Waals surface area contributed by atoms with Gasteiger partial charge in [-0.25, -0.2) is 4.79 Å². The highest BCUT2D eigenvalue weighted by Gasteiger charge is 2.27. The molecule has 0 unspecified atom stereocenters. The molecule has 27 heavy (non-hydrogen) atoms. The Kier molecular flexibility index (Phi) is 5.83. The zero-order valence-corrected chi connectivity index (χ0v) is 16.2. The maximum absolute atomic E-state index is 12.6. The third-order valence-electron chi connectivity index (χ3n) is 4.68. The number of carbonyl (C=O) groups is 1. The van der Waals surface area contributed by atoms with Gasteiger partial charge in [0.25, 0.3) is 0 Å². The van der Waals surface area contributed by atoms with E-state index in [1.165, 1.54) is 0 Å². The van der Waals surface area contributed by atoms with Crippen LogP contribution >= 0.6 is 0 Å². The summed E-state index contributed by atoms with van der Waals surface area (Å²) < 4.78 is 16.2. The molecular weight excluding hydrogens is 348 g/mol. The Morgan fingerprint density at radius 1 is 1.15 bits per heavy atom. The number of ether oxygens (including phenoxy) is 2. The Labute approximate surface area is 158 Å². The fourth-order valence-electron chi connectivity index (χ4n) is 3.06. The molecule has 2 heterocycles. The highest BCUT2D eigenvalue weighted by molar-refractivity contribution is 5.89. The molecule has 0 saturated carbocycles. The van der Waals surface area contributed by atoms with Crippen molar-refractivity contribution in [3.8, 4) is 11.5 Å². The number of anilines is 1. The first kappa shape index (κ1) is 19.0. The van der Waals surface area contributed by atoms with Crippen LogP contribution in [0.3, 0.4) is 0 Å². The highest BCUT2D eigenvalue weighted by atomic mass is 16.5. The standard InChI is InChI=1S/C19H26N4O4/c1-12(2)17-21-22-18(27-17)13-5-7-23(8-6-13)19(24)20-14-9-15(25-3)11-16(10-14)26-4/h9-13H,5-8H2,1-4H3,(H,20,24). The normalized spacial score (nSPS) is 15.1. The van der Waals surface area contributed by atoms with Crippen LogP contribution in [0, 0.1) is 0 Å². The number of rotatable bonds is 5. The van der Waals surface area contributed by atoms with E-state index in [1.54, 1.807) is 37.3 Å². The van der Waals surface area contributed by atoms with E-state index in [1.807, 2.05) is 13.8 Å². The molecule has 0 spiro atoms. The molecule has 8 heteroatoms. The van der Waals surface area contributed by atoms with Gasteiger partial charge in [-0.05, 0) is 12.8 Å². The van der Waals surface area contributed by atoms with Crippen molar-refractivity contribution >= 4 is 11.7 Å². The molecule has 0 bridgehead atoms. The summed E-state index contributed by atoms with van der Waals surface area (Å²) in [6.45, 7) is 5.32. The monoisotopic (exact) mass is 374 g/mol. The molecule has 1 aromatic heterocycles. The molecule has 1 aliphatic heterocycles. The second-order valence-corrected chi connectivity index (χ2v) is 6.93. The first-order chi connectivity index (χ1) is 13.0. The molecule has 1 aliphatic rings. The fourth-order valence-corrected chi connectivity index (χ4v) is 3.06. The van der Waals surface area contributed by atoms with Gasteiger partial charge in [-0.3, -0.25) is 0 Å². The minimum Gasteiger partial charge on any atom is -0.497 e. The van der Waals surface area contributed by atoms with Crippen LogP contribution < -0.4 is 14.8 Å². The Bertz CT molecular complexity index is 760. The maximum atomic E-state index is 12.6. The molecule has 146 valence electrons. The fraction of sp³-hybridized carbons (Fsp3) is 0.526. The van der Waals surface area contributed by atoms with Gasteiger partial charge >= 0.3 is 6.03 Å². The van der Waals surface area contributed by atoms with Crippen LogP contribution in [0.2, 0.25) is 0 Å². The van der Waals surface area contributed by atoms with Crippen molar-refractivity contribution in [2.45, 2.75) is 38.5 Å². The predicted octanol–water partition coefficient (Wildman–Crippen LogP) is 3.62. The Morgan fingerprint density at radius 3 is 2.30 bits per heavy atom. The Balaban J connectivity index is 1.58. The Hall–Kier alpha value is -2.77. The predicted molar refractivity (Wildman–Crippen MR) is 100 cm³/mol. The van der Waals surface area contributed by atoms with Crippen LogP contribution in [0.1, 0.15) is 50.3 Å². The van der Waals surface area contributed by atoms with E-state index in [2.05, 4.69) is 15.5 Å². The van der Waals surface area contributed by atoms with Crippen molar-refractivity contribution in [3.63, 3.8) is 0 Å². The summed E-state index contributed by atoms with van der Waals surface area (Å²) in [6.07, 6.45) is 1.60. The van der Waals surface area contributed by atoms with Gasteiger partial charge in [0.15, 0.2) is 0 Å². The molecule has 1 N–H and O–H groups in total. The van der Waals surface area contributed by atoms with Crippen molar-refractivity contribution in [2.75, 3.05) is 32.6 Å². The number of hydrogen-bond acceptors (Lipinski definition) is 6. The van der Waals surface area contributed by atoms with Gasteiger partial charge in [0.05, 0.1) is 14.2 Å². The van der Waals surface area contributed by atoms with Crippen molar-refractivity contribution < 1.29 is 18.7 Å². The lowest BCUT2D eigenvalue weighted by Gasteiger charge is -2.30. The van der Waals surface area contributed by atoms with Crippen LogP contribution in [-0.4, -0.2) is 48.4 Å². The number of hydrogen-bond donors (Lipinski definition) is 1. The number of amides is 2. The summed E-state index contributed by atoms with van der Waals surface area (Å²) in [4.78, 5) is 14.4. The summed E-state index contributed by atoms with van der Waals surface area (Å²) in [5.74, 6) is 3.01.